The molecule has 0 aliphatic carbocycles. The second-order valence-electron chi connectivity index (χ2n) is 4.05. The van der Waals surface area contributed by atoms with E-state index in [9.17, 15) is 4.79 Å². The standard InChI is InChI=1S/C13H19NO3/c1-9(2)17-11-6-4-10(5-7-11)12(8-14)13(15)16-3/h4-7,9,12H,8,14H2,1-3H3. The van der Waals surface area contributed by atoms with Crippen LogP contribution in [0.4, 0.5) is 0 Å². The lowest BCUT2D eigenvalue weighted by Gasteiger charge is -2.14. The molecule has 0 amide bonds. The van der Waals surface area contributed by atoms with Gasteiger partial charge in [-0.3, -0.25) is 4.79 Å². The summed E-state index contributed by atoms with van der Waals surface area (Å²) in [4.78, 5) is 11.5. The minimum absolute atomic E-state index is 0.131. The van der Waals surface area contributed by atoms with Crippen molar-refractivity contribution in [2.24, 2.45) is 5.73 Å². The Kier molecular flexibility index (Phi) is 4.97. The van der Waals surface area contributed by atoms with E-state index >= 15 is 0 Å². The molecule has 1 unspecified atom stereocenters. The van der Waals surface area contributed by atoms with Gasteiger partial charge in [-0.25, -0.2) is 0 Å². The van der Waals surface area contributed by atoms with Crippen molar-refractivity contribution in [2.75, 3.05) is 13.7 Å². The maximum Gasteiger partial charge on any atom is 0.314 e. The lowest BCUT2D eigenvalue weighted by atomic mass is 9.99. The van der Waals surface area contributed by atoms with Gasteiger partial charge in [-0.15, -0.1) is 0 Å². The summed E-state index contributed by atoms with van der Waals surface area (Å²) in [5.41, 5.74) is 6.41. The summed E-state index contributed by atoms with van der Waals surface area (Å²) in [5.74, 6) is 0.0579. The molecule has 1 aromatic carbocycles. The van der Waals surface area contributed by atoms with Crippen molar-refractivity contribution in [1.29, 1.82) is 0 Å². The highest BCUT2D eigenvalue weighted by Gasteiger charge is 2.19. The van der Waals surface area contributed by atoms with Crippen LogP contribution in [0.15, 0.2) is 24.3 Å². The zero-order valence-electron chi connectivity index (χ0n) is 10.5. The molecular weight excluding hydrogens is 218 g/mol. The summed E-state index contributed by atoms with van der Waals surface area (Å²) in [5, 5.41) is 0. The van der Waals surface area contributed by atoms with Crippen LogP contribution in [0.5, 0.6) is 5.75 Å². The van der Waals surface area contributed by atoms with Gasteiger partial charge in [0.2, 0.25) is 0 Å². The van der Waals surface area contributed by atoms with Crippen LogP contribution in [-0.4, -0.2) is 25.7 Å². The fourth-order valence-electron chi connectivity index (χ4n) is 1.56. The summed E-state index contributed by atoms with van der Waals surface area (Å²) in [6, 6.07) is 7.35. The first-order chi connectivity index (χ1) is 8.08. The average Bonchev–Trinajstić information content (AvgIpc) is 2.31. The Bertz CT molecular complexity index is 359. The molecule has 94 valence electrons. The second-order valence-corrected chi connectivity index (χ2v) is 4.05. The number of rotatable bonds is 5. The molecule has 0 heterocycles. The highest BCUT2D eigenvalue weighted by atomic mass is 16.5. The van der Waals surface area contributed by atoms with E-state index in [-0.39, 0.29) is 18.6 Å². The molecule has 0 bridgehead atoms. The molecule has 0 saturated carbocycles. The summed E-state index contributed by atoms with van der Waals surface area (Å²) in [7, 11) is 1.36. The van der Waals surface area contributed by atoms with Crippen LogP contribution in [0.25, 0.3) is 0 Å². The monoisotopic (exact) mass is 237 g/mol. The first kappa shape index (κ1) is 13.5. The molecule has 1 atom stereocenters. The van der Waals surface area contributed by atoms with Gasteiger partial charge in [0, 0.05) is 6.54 Å². The van der Waals surface area contributed by atoms with Crippen LogP contribution in [0.1, 0.15) is 25.3 Å². The van der Waals surface area contributed by atoms with E-state index in [1.807, 2.05) is 38.1 Å². The molecule has 0 radical (unpaired) electrons. The maximum atomic E-state index is 11.5. The molecule has 0 aliphatic heterocycles. The highest BCUT2D eigenvalue weighted by Crippen LogP contribution is 2.20. The Morgan fingerprint density at radius 2 is 1.88 bits per heavy atom. The molecule has 0 saturated heterocycles. The number of esters is 1. The van der Waals surface area contributed by atoms with Crippen molar-refractivity contribution in [3.05, 3.63) is 29.8 Å². The third-order valence-corrected chi connectivity index (χ3v) is 2.38. The smallest absolute Gasteiger partial charge is 0.314 e. The molecule has 4 nitrogen and oxygen atoms in total. The number of hydrogen-bond donors (Lipinski definition) is 1. The highest BCUT2D eigenvalue weighted by molar-refractivity contribution is 5.78. The summed E-state index contributed by atoms with van der Waals surface area (Å²) >= 11 is 0. The Morgan fingerprint density at radius 3 is 2.29 bits per heavy atom. The van der Waals surface area contributed by atoms with E-state index in [1.54, 1.807) is 0 Å². The van der Waals surface area contributed by atoms with E-state index < -0.39 is 5.92 Å². The number of methoxy groups -OCH3 is 1. The number of ether oxygens (including phenoxy) is 2. The normalized spacial score (nSPS) is 12.3. The van der Waals surface area contributed by atoms with E-state index in [1.165, 1.54) is 7.11 Å². The van der Waals surface area contributed by atoms with E-state index in [0.29, 0.717) is 0 Å². The minimum Gasteiger partial charge on any atom is -0.491 e. The van der Waals surface area contributed by atoms with Crippen molar-refractivity contribution >= 4 is 5.97 Å². The first-order valence-corrected chi connectivity index (χ1v) is 5.63. The zero-order chi connectivity index (χ0) is 12.8. The SMILES string of the molecule is COC(=O)C(CN)c1ccc(OC(C)C)cc1. The zero-order valence-corrected chi connectivity index (χ0v) is 10.5. The predicted molar refractivity (Wildman–Crippen MR) is 66.0 cm³/mol. The van der Waals surface area contributed by atoms with Crippen LogP contribution < -0.4 is 10.5 Å². The first-order valence-electron chi connectivity index (χ1n) is 5.63. The van der Waals surface area contributed by atoms with Gasteiger partial charge in [0.15, 0.2) is 0 Å². The van der Waals surface area contributed by atoms with Crippen LogP contribution >= 0.6 is 0 Å². The fraction of sp³-hybridized carbons (Fsp3) is 0.462. The molecule has 2 N–H and O–H groups in total. The largest absolute Gasteiger partial charge is 0.491 e. The van der Waals surface area contributed by atoms with Crippen molar-refractivity contribution in [3.63, 3.8) is 0 Å². The van der Waals surface area contributed by atoms with Crippen molar-refractivity contribution < 1.29 is 14.3 Å². The molecule has 0 aliphatic rings. The Balaban J connectivity index is 2.81. The quantitative estimate of drug-likeness (QED) is 0.792. The average molecular weight is 237 g/mol. The fourth-order valence-corrected chi connectivity index (χ4v) is 1.56. The Labute approximate surface area is 102 Å². The third-order valence-electron chi connectivity index (χ3n) is 2.38. The van der Waals surface area contributed by atoms with E-state index in [2.05, 4.69) is 0 Å². The second kappa shape index (κ2) is 6.25. The number of hydrogen-bond acceptors (Lipinski definition) is 4. The van der Waals surface area contributed by atoms with Crippen LogP contribution in [0, 0.1) is 0 Å². The molecule has 0 fully saturated rings. The van der Waals surface area contributed by atoms with Gasteiger partial charge in [0.05, 0.1) is 19.1 Å². The van der Waals surface area contributed by atoms with Crippen LogP contribution in [-0.2, 0) is 9.53 Å². The number of carbonyl (C=O) groups is 1. The van der Waals surface area contributed by atoms with Crippen LogP contribution in [0.2, 0.25) is 0 Å². The summed E-state index contributed by atoms with van der Waals surface area (Å²) < 4.78 is 10.2. The van der Waals surface area contributed by atoms with Gasteiger partial charge in [0.25, 0.3) is 0 Å². The number of nitrogens with two attached hydrogens (primary N) is 1. The van der Waals surface area contributed by atoms with Crippen molar-refractivity contribution in [3.8, 4) is 5.75 Å². The van der Waals surface area contributed by atoms with Crippen LogP contribution in [0.3, 0.4) is 0 Å². The maximum absolute atomic E-state index is 11.5. The van der Waals surface area contributed by atoms with Gasteiger partial charge < -0.3 is 15.2 Å². The van der Waals surface area contributed by atoms with Gasteiger partial charge in [-0.1, -0.05) is 12.1 Å². The van der Waals surface area contributed by atoms with Gasteiger partial charge >= 0.3 is 5.97 Å². The lowest BCUT2D eigenvalue weighted by Crippen LogP contribution is -2.22. The molecule has 1 aromatic rings. The number of benzene rings is 1. The van der Waals surface area contributed by atoms with Gasteiger partial charge in [-0.05, 0) is 31.5 Å². The topological polar surface area (TPSA) is 61.5 Å². The molecule has 4 heteroatoms. The minimum atomic E-state index is -0.409. The molecule has 17 heavy (non-hydrogen) atoms. The summed E-state index contributed by atoms with van der Waals surface area (Å²) in [6.45, 7) is 4.16. The van der Waals surface area contributed by atoms with E-state index in [4.69, 9.17) is 15.2 Å². The number of carbonyl (C=O) groups excluding carboxylic acids is 1. The lowest BCUT2D eigenvalue weighted by molar-refractivity contribution is -0.142. The molecular formula is C13H19NO3. The van der Waals surface area contributed by atoms with Crippen molar-refractivity contribution in [1.82, 2.24) is 0 Å². The molecule has 0 aromatic heterocycles. The molecule has 1 rings (SSSR count). The van der Waals surface area contributed by atoms with E-state index in [0.717, 1.165) is 11.3 Å². The van der Waals surface area contributed by atoms with Gasteiger partial charge in [0.1, 0.15) is 5.75 Å². The Morgan fingerprint density at radius 1 is 1.29 bits per heavy atom. The summed E-state index contributed by atoms with van der Waals surface area (Å²) in [6.07, 6.45) is 0.131. The van der Waals surface area contributed by atoms with Crippen molar-refractivity contribution in [2.45, 2.75) is 25.9 Å². The predicted octanol–water partition coefficient (Wildman–Crippen LogP) is 1.69. The Hall–Kier alpha value is -1.55. The third kappa shape index (κ3) is 3.75. The van der Waals surface area contributed by atoms with Gasteiger partial charge in [-0.2, -0.15) is 0 Å². The molecule has 0 spiro atoms.